The lowest BCUT2D eigenvalue weighted by atomic mass is 10.2. The number of carbonyl (C=O) groups is 1. The molecule has 1 aromatic rings. The molecule has 0 heterocycles. The fraction of sp³-hybridized carbons (Fsp3) is 0.273. The number of aliphatic imine (C=N–C) groups is 1. The van der Waals surface area contributed by atoms with E-state index >= 15 is 0 Å². The first kappa shape index (κ1) is 11.4. The quantitative estimate of drug-likeness (QED) is 0.582. The molecule has 4 heteroatoms. The molecular formula is C11H13NO3. The lowest BCUT2D eigenvalue weighted by Crippen LogP contribution is -2.24. The van der Waals surface area contributed by atoms with E-state index in [2.05, 4.69) is 9.73 Å². The topological polar surface area (TPSA) is 58.9 Å². The van der Waals surface area contributed by atoms with Crippen LogP contribution in [0.1, 0.15) is 5.56 Å². The van der Waals surface area contributed by atoms with Gasteiger partial charge in [-0.3, -0.25) is 4.99 Å². The molecule has 80 valence electrons. The van der Waals surface area contributed by atoms with Gasteiger partial charge in [0.15, 0.2) is 6.04 Å². The number of ether oxygens (including phenoxy) is 1. The van der Waals surface area contributed by atoms with E-state index in [1.54, 1.807) is 0 Å². The lowest BCUT2D eigenvalue weighted by molar-refractivity contribution is -0.142. The van der Waals surface area contributed by atoms with E-state index in [0.29, 0.717) is 0 Å². The van der Waals surface area contributed by atoms with Crippen molar-refractivity contribution in [3.8, 4) is 0 Å². The molecule has 0 saturated heterocycles. The number of aliphatic hydroxyl groups excluding tert-OH is 1. The van der Waals surface area contributed by atoms with Gasteiger partial charge in [0.05, 0.1) is 13.7 Å². The van der Waals surface area contributed by atoms with Gasteiger partial charge in [0.25, 0.3) is 0 Å². The largest absolute Gasteiger partial charge is 0.467 e. The molecule has 0 radical (unpaired) electrons. The summed E-state index contributed by atoms with van der Waals surface area (Å²) in [5, 5.41) is 8.89. The van der Waals surface area contributed by atoms with Gasteiger partial charge in [-0.25, -0.2) is 4.79 Å². The van der Waals surface area contributed by atoms with Crippen molar-refractivity contribution in [1.29, 1.82) is 0 Å². The van der Waals surface area contributed by atoms with Gasteiger partial charge in [-0.1, -0.05) is 30.3 Å². The van der Waals surface area contributed by atoms with Crippen LogP contribution in [0.2, 0.25) is 0 Å². The summed E-state index contributed by atoms with van der Waals surface area (Å²) in [6, 6.07) is 8.50. The number of nitrogens with zero attached hydrogens (tertiary/aromatic N) is 1. The van der Waals surface area contributed by atoms with Crippen molar-refractivity contribution >= 4 is 12.2 Å². The van der Waals surface area contributed by atoms with Gasteiger partial charge in [-0.15, -0.1) is 0 Å². The van der Waals surface area contributed by atoms with Crippen molar-refractivity contribution in [2.75, 3.05) is 13.7 Å². The van der Waals surface area contributed by atoms with Crippen LogP contribution in [0.3, 0.4) is 0 Å². The van der Waals surface area contributed by atoms with Crippen molar-refractivity contribution in [3.05, 3.63) is 35.9 Å². The van der Waals surface area contributed by atoms with Gasteiger partial charge in [-0.05, 0) is 5.56 Å². The standard InChI is InChI=1S/C11H13NO3/c1-15-11(14)10(8-13)12-7-9-5-3-2-4-6-9/h2-7,10,13H,8H2,1H3/t10-/m0/s1. The molecule has 15 heavy (non-hydrogen) atoms. The Balaban J connectivity index is 2.67. The minimum Gasteiger partial charge on any atom is -0.467 e. The number of benzene rings is 1. The summed E-state index contributed by atoms with van der Waals surface area (Å²) in [7, 11) is 1.27. The fourth-order valence-corrected chi connectivity index (χ4v) is 1.03. The molecule has 0 bridgehead atoms. The number of hydrogen-bond donors (Lipinski definition) is 1. The molecule has 0 aromatic heterocycles. The molecule has 0 amide bonds. The van der Waals surface area contributed by atoms with Gasteiger partial charge in [0, 0.05) is 6.21 Å². The van der Waals surface area contributed by atoms with Crippen LogP contribution in [-0.4, -0.2) is 37.0 Å². The average molecular weight is 207 g/mol. The van der Waals surface area contributed by atoms with Crippen molar-refractivity contribution in [2.45, 2.75) is 6.04 Å². The number of aliphatic hydroxyl groups is 1. The fourth-order valence-electron chi connectivity index (χ4n) is 1.03. The predicted molar refractivity (Wildman–Crippen MR) is 56.9 cm³/mol. The summed E-state index contributed by atoms with van der Waals surface area (Å²) in [6.45, 7) is -0.351. The SMILES string of the molecule is COC(=O)[C@H](CO)N=Cc1ccccc1. The molecule has 0 aliphatic heterocycles. The van der Waals surface area contributed by atoms with Crippen molar-refractivity contribution in [3.63, 3.8) is 0 Å². The molecule has 0 fully saturated rings. The molecule has 4 nitrogen and oxygen atoms in total. The first-order valence-electron chi connectivity index (χ1n) is 4.55. The Kier molecular flexibility index (Phi) is 4.50. The summed E-state index contributed by atoms with van der Waals surface area (Å²) in [6.07, 6.45) is 1.54. The van der Waals surface area contributed by atoms with Crippen LogP contribution < -0.4 is 0 Å². The molecule has 0 aliphatic carbocycles. The zero-order valence-corrected chi connectivity index (χ0v) is 8.46. The van der Waals surface area contributed by atoms with E-state index in [9.17, 15) is 4.79 Å². The molecule has 1 N–H and O–H groups in total. The van der Waals surface area contributed by atoms with E-state index in [-0.39, 0.29) is 6.61 Å². The van der Waals surface area contributed by atoms with Crippen LogP contribution in [0.15, 0.2) is 35.3 Å². The number of methoxy groups -OCH3 is 1. The molecule has 0 saturated carbocycles. The van der Waals surface area contributed by atoms with Crippen LogP contribution in [-0.2, 0) is 9.53 Å². The van der Waals surface area contributed by atoms with Crippen molar-refractivity contribution in [2.24, 2.45) is 4.99 Å². The smallest absolute Gasteiger partial charge is 0.332 e. The molecule has 0 spiro atoms. The Labute approximate surface area is 88.2 Å². The number of carbonyl (C=O) groups excluding carboxylic acids is 1. The Hall–Kier alpha value is -1.68. The maximum absolute atomic E-state index is 11.1. The van der Waals surface area contributed by atoms with Gasteiger partial charge >= 0.3 is 5.97 Å². The first-order chi connectivity index (χ1) is 7.27. The van der Waals surface area contributed by atoms with E-state index in [1.807, 2.05) is 30.3 Å². The second kappa shape index (κ2) is 5.93. The highest BCUT2D eigenvalue weighted by Crippen LogP contribution is 1.97. The normalized spacial score (nSPS) is 12.7. The highest BCUT2D eigenvalue weighted by molar-refractivity contribution is 5.83. The summed E-state index contributed by atoms with van der Waals surface area (Å²) < 4.78 is 4.48. The Morgan fingerprint density at radius 3 is 2.73 bits per heavy atom. The Bertz CT molecular complexity index is 335. The van der Waals surface area contributed by atoms with Crippen LogP contribution in [0.4, 0.5) is 0 Å². The van der Waals surface area contributed by atoms with Gasteiger partial charge in [0.2, 0.25) is 0 Å². The maximum atomic E-state index is 11.1. The molecule has 1 aromatic carbocycles. The average Bonchev–Trinajstić information content (AvgIpc) is 2.31. The molecule has 1 atom stereocenters. The van der Waals surface area contributed by atoms with Crippen molar-refractivity contribution in [1.82, 2.24) is 0 Å². The Morgan fingerprint density at radius 1 is 1.53 bits per heavy atom. The molecular weight excluding hydrogens is 194 g/mol. The van der Waals surface area contributed by atoms with Crippen LogP contribution >= 0.6 is 0 Å². The zero-order chi connectivity index (χ0) is 11.1. The maximum Gasteiger partial charge on any atom is 0.332 e. The van der Waals surface area contributed by atoms with Gasteiger partial charge in [-0.2, -0.15) is 0 Å². The zero-order valence-electron chi connectivity index (χ0n) is 8.46. The third-order valence-electron chi connectivity index (χ3n) is 1.85. The molecule has 0 aliphatic rings. The third-order valence-corrected chi connectivity index (χ3v) is 1.85. The van der Waals surface area contributed by atoms with E-state index in [1.165, 1.54) is 13.3 Å². The van der Waals surface area contributed by atoms with E-state index in [4.69, 9.17) is 5.11 Å². The summed E-state index contributed by atoms with van der Waals surface area (Å²) in [5.74, 6) is -0.537. The van der Waals surface area contributed by atoms with Gasteiger partial charge < -0.3 is 9.84 Å². The highest BCUT2D eigenvalue weighted by atomic mass is 16.5. The Morgan fingerprint density at radius 2 is 2.20 bits per heavy atom. The minimum absolute atomic E-state index is 0.351. The lowest BCUT2D eigenvalue weighted by Gasteiger charge is -2.05. The number of rotatable bonds is 4. The monoisotopic (exact) mass is 207 g/mol. The summed E-state index contributed by atoms with van der Waals surface area (Å²) in [4.78, 5) is 15.0. The second-order valence-corrected chi connectivity index (χ2v) is 2.91. The minimum atomic E-state index is -0.838. The van der Waals surface area contributed by atoms with Crippen LogP contribution in [0.25, 0.3) is 0 Å². The van der Waals surface area contributed by atoms with Crippen molar-refractivity contribution < 1.29 is 14.6 Å². The van der Waals surface area contributed by atoms with Crippen LogP contribution in [0.5, 0.6) is 0 Å². The van der Waals surface area contributed by atoms with Gasteiger partial charge in [0.1, 0.15) is 0 Å². The summed E-state index contributed by atoms with van der Waals surface area (Å²) >= 11 is 0. The summed E-state index contributed by atoms with van der Waals surface area (Å²) in [5.41, 5.74) is 0.875. The predicted octanol–water partition coefficient (Wildman–Crippen LogP) is 0.639. The number of hydrogen-bond acceptors (Lipinski definition) is 4. The highest BCUT2D eigenvalue weighted by Gasteiger charge is 2.15. The van der Waals surface area contributed by atoms with Crippen LogP contribution in [0, 0.1) is 0 Å². The first-order valence-corrected chi connectivity index (χ1v) is 4.55. The molecule has 1 rings (SSSR count). The molecule has 0 unspecified atom stereocenters. The van der Waals surface area contributed by atoms with E-state index < -0.39 is 12.0 Å². The number of esters is 1. The van der Waals surface area contributed by atoms with E-state index in [0.717, 1.165) is 5.56 Å². The third kappa shape index (κ3) is 3.52. The second-order valence-electron chi connectivity index (χ2n) is 2.91.